The van der Waals surface area contributed by atoms with Crippen molar-refractivity contribution in [1.82, 2.24) is 4.90 Å². The summed E-state index contributed by atoms with van der Waals surface area (Å²) in [7, 11) is 2.10. The lowest BCUT2D eigenvalue weighted by Gasteiger charge is -2.38. The number of rotatable bonds is 7. The van der Waals surface area contributed by atoms with E-state index in [-0.39, 0.29) is 0 Å². The molecule has 124 valence electrons. The molecule has 0 aliphatic carbocycles. The Balaban J connectivity index is 1.77. The van der Waals surface area contributed by atoms with Crippen molar-refractivity contribution in [1.29, 1.82) is 0 Å². The van der Waals surface area contributed by atoms with E-state index in [0.717, 1.165) is 31.0 Å². The summed E-state index contributed by atoms with van der Waals surface area (Å²) in [6, 6.07) is 8.58. The number of nitrogens with zero attached hydrogens (tertiary/aromatic N) is 2. The zero-order chi connectivity index (χ0) is 15.9. The third-order valence-corrected chi connectivity index (χ3v) is 4.54. The Morgan fingerprint density at radius 2 is 1.95 bits per heavy atom. The van der Waals surface area contributed by atoms with Crippen LogP contribution in [0.1, 0.15) is 19.8 Å². The van der Waals surface area contributed by atoms with E-state index in [2.05, 4.69) is 29.0 Å². The van der Waals surface area contributed by atoms with Gasteiger partial charge in [0.15, 0.2) is 0 Å². The first kappa shape index (κ1) is 17.5. The molecule has 1 N–H and O–H groups in total. The van der Waals surface area contributed by atoms with Crippen LogP contribution in [0, 0.1) is 0 Å². The van der Waals surface area contributed by atoms with Gasteiger partial charge in [0, 0.05) is 43.0 Å². The molecule has 0 amide bonds. The van der Waals surface area contributed by atoms with E-state index < -0.39 is 6.10 Å². The molecule has 4 nitrogen and oxygen atoms in total. The van der Waals surface area contributed by atoms with Crippen LogP contribution in [0.15, 0.2) is 24.3 Å². The highest BCUT2D eigenvalue weighted by Crippen LogP contribution is 2.23. The van der Waals surface area contributed by atoms with E-state index in [1.54, 1.807) is 0 Å². The molecule has 1 fully saturated rings. The molecule has 1 aliphatic rings. The van der Waals surface area contributed by atoms with E-state index in [1.807, 2.05) is 19.1 Å². The molecule has 0 saturated carbocycles. The third-order valence-electron chi connectivity index (χ3n) is 4.29. The molecule has 0 unspecified atom stereocenters. The van der Waals surface area contributed by atoms with Gasteiger partial charge < -0.3 is 19.6 Å². The smallest absolute Gasteiger partial charge is 0.0900 e. The number of likely N-dealkylation sites (N-methyl/N-ethyl adjacent to an activating group) is 1. The first-order chi connectivity index (χ1) is 10.6. The van der Waals surface area contributed by atoms with Gasteiger partial charge in [-0.1, -0.05) is 11.6 Å². The number of aliphatic hydroxyl groups excluding tert-OH is 1. The predicted octanol–water partition coefficient (Wildman–Crippen LogP) is 2.64. The monoisotopic (exact) mass is 326 g/mol. The molecule has 1 aromatic rings. The van der Waals surface area contributed by atoms with Gasteiger partial charge in [-0.05, 0) is 51.1 Å². The standard InChI is InChI=1S/C17H27ClN2O2/c1-3-22-13-17(21)12-19(2)15-8-10-20(11-9-15)16-6-4-14(18)5-7-16/h4-7,15,17,21H,3,8-13H2,1-2H3/t17-/m0/s1. The van der Waals surface area contributed by atoms with Crippen LogP contribution in [-0.2, 0) is 4.74 Å². The molecule has 1 aliphatic heterocycles. The first-order valence-electron chi connectivity index (χ1n) is 8.06. The van der Waals surface area contributed by atoms with Crippen LogP contribution in [0.3, 0.4) is 0 Å². The quantitative estimate of drug-likeness (QED) is 0.835. The second-order valence-corrected chi connectivity index (χ2v) is 6.38. The van der Waals surface area contributed by atoms with Crippen molar-refractivity contribution >= 4 is 17.3 Å². The second kappa shape index (κ2) is 8.73. The maximum Gasteiger partial charge on any atom is 0.0900 e. The summed E-state index contributed by atoms with van der Waals surface area (Å²) in [5, 5.41) is 10.7. The van der Waals surface area contributed by atoms with E-state index in [9.17, 15) is 5.11 Å². The van der Waals surface area contributed by atoms with Crippen LogP contribution in [0.5, 0.6) is 0 Å². The van der Waals surface area contributed by atoms with Crippen molar-refractivity contribution in [3.05, 3.63) is 29.3 Å². The molecule has 0 aromatic heterocycles. The fourth-order valence-electron chi connectivity index (χ4n) is 3.00. The van der Waals surface area contributed by atoms with Crippen LogP contribution in [0.25, 0.3) is 0 Å². The fraction of sp³-hybridized carbons (Fsp3) is 0.647. The minimum absolute atomic E-state index is 0.403. The van der Waals surface area contributed by atoms with Crippen molar-refractivity contribution in [2.45, 2.75) is 31.9 Å². The Labute approximate surface area is 138 Å². The van der Waals surface area contributed by atoms with Crippen LogP contribution in [0.2, 0.25) is 5.02 Å². The normalized spacial score (nSPS) is 18.0. The Bertz CT molecular complexity index is 433. The molecule has 0 spiro atoms. The number of hydrogen-bond donors (Lipinski definition) is 1. The third kappa shape index (κ3) is 5.13. The summed E-state index contributed by atoms with van der Waals surface area (Å²) in [5.74, 6) is 0. The number of hydrogen-bond acceptors (Lipinski definition) is 4. The number of benzene rings is 1. The molecule has 0 bridgehead atoms. The average Bonchev–Trinajstić information content (AvgIpc) is 2.54. The van der Waals surface area contributed by atoms with Crippen molar-refractivity contribution in [3.8, 4) is 0 Å². The van der Waals surface area contributed by atoms with Gasteiger partial charge in [0.05, 0.1) is 12.7 Å². The summed E-state index contributed by atoms with van der Waals surface area (Å²) >= 11 is 5.94. The zero-order valence-electron chi connectivity index (χ0n) is 13.5. The van der Waals surface area contributed by atoms with E-state index >= 15 is 0 Å². The van der Waals surface area contributed by atoms with Crippen molar-refractivity contribution < 1.29 is 9.84 Å². The molecule has 0 radical (unpaired) electrons. The summed E-state index contributed by atoms with van der Waals surface area (Å²) < 4.78 is 5.27. The van der Waals surface area contributed by atoms with Crippen molar-refractivity contribution in [2.24, 2.45) is 0 Å². The van der Waals surface area contributed by atoms with Crippen molar-refractivity contribution in [2.75, 3.05) is 44.8 Å². The van der Waals surface area contributed by atoms with Gasteiger partial charge in [0.25, 0.3) is 0 Å². The molecule has 1 saturated heterocycles. The minimum Gasteiger partial charge on any atom is -0.389 e. The Morgan fingerprint density at radius 3 is 2.55 bits per heavy atom. The molecule has 22 heavy (non-hydrogen) atoms. The second-order valence-electron chi connectivity index (χ2n) is 5.95. The number of anilines is 1. The molecule has 5 heteroatoms. The maximum atomic E-state index is 9.95. The minimum atomic E-state index is -0.403. The lowest BCUT2D eigenvalue weighted by molar-refractivity contribution is 0.0163. The Morgan fingerprint density at radius 1 is 1.32 bits per heavy atom. The van der Waals surface area contributed by atoms with Gasteiger partial charge in [-0.2, -0.15) is 0 Å². The zero-order valence-corrected chi connectivity index (χ0v) is 14.3. The van der Waals surface area contributed by atoms with Gasteiger partial charge in [0.2, 0.25) is 0 Å². The summed E-state index contributed by atoms with van der Waals surface area (Å²) in [6.45, 7) is 5.77. The fourth-order valence-corrected chi connectivity index (χ4v) is 3.13. The number of aliphatic hydroxyl groups is 1. The molecule has 1 aromatic carbocycles. The highest BCUT2D eigenvalue weighted by Gasteiger charge is 2.23. The van der Waals surface area contributed by atoms with E-state index in [4.69, 9.17) is 16.3 Å². The lowest BCUT2D eigenvalue weighted by Crippen LogP contribution is -2.46. The highest BCUT2D eigenvalue weighted by molar-refractivity contribution is 6.30. The Kier molecular flexibility index (Phi) is 6.96. The van der Waals surface area contributed by atoms with Crippen LogP contribution < -0.4 is 4.90 Å². The largest absolute Gasteiger partial charge is 0.389 e. The number of halogens is 1. The van der Waals surface area contributed by atoms with Gasteiger partial charge >= 0.3 is 0 Å². The summed E-state index contributed by atoms with van der Waals surface area (Å²) in [4.78, 5) is 4.67. The highest BCUT2D eigenvalue weighted by atomic mass is 35.5. The van der Waals surface area contributed by atoms with Crippen molar-refractivity contribution in [3.63, 3.8) is 0 Å². The SMILES string of the molecule is CCOC[C@@H](O)CN(C)C1CCN(c2ccc(Cl)cc2)CC1. The number of piperidine rings is 1. The molecular weight excluding hydrogens is 300 g/mol. The summed E-state index contributed by atoms with van der Waals surface area (Å²) in [6.07, 6.45) is 1.82. The topological polar surface area (TPSA) is 35.9 Å². The molecule has 1 atom stereocenters. The lowest BCUT2D eigenvalue weighted by atomic mass is 10.0. The van der Waals surface area contributed by atoms with Gasteiger partial charge in [0.1, 0.15) is 0 Å². The molecule has 1 heterocycles. The van der Waals surface area contributed by atoms with Crippen LogP contribution in [0.4, 0.5) is 5.69 Å². The Hall–Kier alpha value is -0.810. The summed E-state index contributed by atoms with van der Waals surface area (Å²) in [5.41, 5.74) is 1.24. The number of ether oxygens (including phenoxy) is 1. The molecular formula is C17H27ClN2O2. The van der Waals surface area contributed by atoms with Gasteiger partial charge in [-0.25, -0.2) is 0 Å². The van der Waals surface area contributed by atoms with E-state index in [0.29, 0.717) is 25.8 Å². The van der Waals surface area contributed by atoms with Crippen LogP contribution >= 0.6 is 11.6 Å². The molecule has 2 rings (SSSR count). The maximum absolute atomic E-state index is 9.95. The van der Waals surface area contributed by atoms with Gasteiger partial charge in [-0.3, -0.25) is 0 Å². The average molecular weight is 327 g/mol. The van der Waals surface area contributed by atoms with E-state index in [1.165, 1.54) is 5.69 Å². The predicted molar refractivity (Wildman–Crippen MR) is 91.8 cm³/mol. The van der Waals surface area contributed by atoms with Gasteiger partial charge in [-0.15, -0.1) is 0 Å². The van der Waals surface area contributed by atoms with Crippen LogP contribution in [-0.4, -0.2) is 62.0 Å². The first-order valence-corrected chi connectivity index (χ1v) is 8.44.